The summed E-state index contributed by atoms with van der Waals surface area (Å²) in [6.07, 6.45) is 1.72. The second kappa shape index (κ2) is 6.23. The molecule has 1 heteroatoms. The van der Waals surface area contributed by atoms with Gasteiger partial charge in [-0.15, -0.1) is 0 Å². The molecule has 0 saturated carbocycles. The predicted molar refractivity (Wildman–Crippen MR) is 53.1 cm³/mol. The number of hydrogen-bond acceptors (Lipinski definition) is 1. The lowest BCUT2D eigenvalue weighted by Gasteiger charge is -1.82. The molecule has 1 aromatic carbocycles. The fourth-order valence-electron chi connectivity index (χ4n) is 0.428. The van der Waals surface area contributed by atoms with Crippen molar-refractivity contribution >= 4 is 0 Å². The van der Waals surface area contributed by atoms with Crippen LogP contribution in [0, 0.1) is 0 Å². The third-order valence-corrected chi connectivity index (χ3v) is 1.10. The average Bonchev–Trinajstić information content (AvgIpc) is 2.07. The van der Waals surface area contributed by atoms with Crippen LogP contribution >= 0.6 is 0 Å². The van der Waals surface area contributed by atoms with Crippen molar-refractivity contribution in [1.82, 2.24) is 0 Å². The van der Waals surface area contributed by atoms with Gasteiger partial charge in [-0.2, -0.15) is 0 Å². The Morgan fingerprint density at radius 1 is 1.33 bits per heavy atom. The summed E-state index contributed by atoms with van der Waals surface area (Å²) in [5.74, 6) is 0.322. The van der Waals surface area contributed by atoms with Crippen LogP contribution in [-0.4, -0.2) is 5.11 Å². The Balaban J connectivity index is 0.000000217. The van der Waals surface area contributed by atoms with E-state index in [1.807, 2.05) is 13.0 Å². The maximum Gasteiger partial charge on any atom is 0.115 e. The van der Waals surface area contributed by atoms with Gasteiger partial charge in [0.05, 0.1) is 0 Å². The minimum absolute atomic E-state index is 0.322. The zero-order chi connectivity index (χ0) is 9.40. The zero-order valence-corrected chi connectivity index (χ0v) is 7.33. The van der Waals surface area contributed by atoms with Crippen LogP contribution < -0.4 is 0 Å². The maximum absolute atomic E-state index is 8.63. The molecule has 0 aromatic heterocycles. The smallest absolute Gasteiger partial charge is 0.115 e. The lowest BCUT2D eigenvalue weighted by molar-refractivity contribution is 0.475. The SMILES string of the molecule is C=CC(=C)C.Oc1ccccc1. The molecule has 0 unspecified atom stereocenters. The zero-order valence-electron chi connectivity index (χ0n) is 7.33. The number of hydrogen-bond donors (Lipinski definition) is 1. The first-order chi connectivity index (χ1) is 5.66. The summed E-state index contributed by atoms with van der Waals surface area (Å²) in [6, 6.07) is 8.71. The Hall–Kier alpha value is -1.50. The Bertz CT molecular complexity index is 236. The molecular weight excluding hydrogens is 148 g/mol. The molecule has 0 aliphatic carbocycles. The molecule has 1 nitrogen and oxygen atoms in total. The number of rotatable bonds is 1. The molecule has 0 saturated heterocycles. The number of phenolic OH excluding ortho intramolecular Hbond substituents is 1. The number of para-hydroxylation sites is 1. The van der Waals surface area contributed by atoms with Gasteiger partial charge < -0.3 is 5.11 Å². The first-order valence-corrected chi connectivity index (χ1v) is 3.68. The van der Waals surface area contributed by atoms with Crippen LogP contribution in [0.4, 0.5) is 0 Å². The molecule has 0 fully saturated rings. The summed E-state index contributed by atoms with van der Waals surface area (Å²) in [4.78, 5) is 0. The standard InChI is InChI=1S/C6H6O.C5H8/c7-6-4-2-1-3-5-6;1-4-5(2)3/h1-5,7H;4H,1-2H2,3H3. The molecule has 0 amide bonds. The summed E-state index contributed by atoms with van der Waals surface area (Å²) < 4.78 is 0. The molecule has 1 N–H and O–H groups in total. The fourth-order valence-corrected chi connectivity index (χ4v) is 0.428. The number of phenols is 1. The van der Waals surface area contributed by atoms with Gasteiger partial charge in [0, 0.05) is 0 Å². The molecular formula is C11H14O. The predicted octanol–water partition coefficient (Wildman–Crippen LogP) is 3.14. The van der Waals surface area contributed by atoms with Crippen molar-refractivity contribution in [2.45, 2.75) is 6.92 Å². The van der Waals surface area contributed by atoms with Gasteiger partial charge in [0.15, 0.2) is 0 Å². The van der Waals surface area contributed by atoms with Gasteiger partial charge in [-0.1, -0.05) is 43.0 Å². The largest absolute Gasteiger partial charge is 0.508 e. The molecule has 64 valence electrons. The van der Waals surface area contributed by atoms with E-state index in [0.717, 1.165) is 5.57 Å². The van der Waals surface area contributed by atoms with Gasteiger partial charge in [-0.05, 0) is 19.1 Å². The van der Waals surface area contributed by atoms with Crippen molar-refractivity contribution in [3.8, 4) is 5.75 Å². The van der Waals surface area contributed by atoms with Crippen molar-refractivity contribution in [2.24, 2.45) is 0 Å². The lowest BCUT2D eigenvalue weighted by atomic mass is 10.3. The molecule has 1 aromatic rings. The third-order valence-electron chi connectivity index (χ3n) is 1.10. The van der Waals surface area contributed by atoms with Crippen molar-refractivity contribution in [3.05, 3.63) is 55.1 Å². The van der Waals surface area contributed by atoms with Crippen LogP contribution in [0.15, 0.2) is 55.1 Å². The van der Waals surface area contributed by atoms with E-state index < -0.39 is 0 Å². The lowest BCUT2D eigenvalue weighted by Crippen LogP contribution is -1.56. The third kappa shape index (κ3) is 6.62. The van der Waals surface area contributed by atoms with Crippen LogP contribution in [0.25, 0.3) is 0 Å². The van der Waals surface area contributed by atoms with Crippen LogP contribution in [0.1, 0.15) is 6.92 Å². The van der Waals surface area contributed by atoms with E-state index >= 15 is 0 Å². The van der Waals surface area contributed by atoms with E-state index in [2.05, 4.69) is 13.2 Å². The molecule has 12 heavy (non-hydrogen) atoms. The van der Waals surface area contributed by atoms with Gasteiger partial charge in [-0.25, -0.2) is 0 Å². The summed E-state index contributed by atoms with van der Waals surface area (Å²) >= 11 is 0. The molecule has 0 heterocycles. The Labute approximate surface area is 73.7 Å². The van der Waals surface area contributed by atoms with E-state index in [4.69, 9.17) is 5.11 Å². The molecule has 0 atom stereocenters. The highest BCUT2D eigenvalue weighted by molar-refractivity contribution is 5.18. The highest BCUT2D eigenvalue weighted by Gasteiger charge is 1.74. The topological polar surface area (TPSA) is 20.2 Å². The second-order valence-electron chi connectivity index (χ2n) is 2.39. The number of aromatic hydroxyl groups is 1. The van der Waals surface area contributed by atoms with Gasteiger partial charge in [-0.3, -0.25) is 0 Å². The van der Waals surface area contributed by atoms with Crippen LogP contribution in [0.5, 0.6) is 5.75 Å². The maximum atomic E-state index is 8.63. The minimum atomic E-state index is 0.322. The molecule has 0 spiro atoms. The quantitative estimate of drug-likeness (QED) is 0.629. The van der Waals surface area contributed by atoms with Crippen molar-refractivity contribution in [2.75, 3.05) is 0 Å². The number of benzene rings is 1. The van der Waals surface area contributed by atoms with Crippen molar-refractivity contribution in [1.29, 1.82) is 0 Å². The van der Waals surface area contributed by atoms with Gasteiger partial charge in [0.1, 0.15) is 5.75 Å². The molecule has 0 aliphatic rings. The summed E-state index contributed by atoms with van der Waals surface area (Å²) in [7, 11) is 0. The normalized spacial score (nSPS) is 7.75. The van der Waals surface area contributed by atoms with Crippen molar-refractivity contribution < 1.29 is 5.11 Å². The van der Waals surface area contributed by atoms with Gasteiger partial charge >= 0.3 is 0 Å². The van der Waals surface area contributed by atoms with Crippen LogP contribution in [0.3, 0.4) is 0 Å². The molecule has 0 aliphatic heterocycles. The fraction of sp³-hybridized carbons (Fsp3) is 0.0909. The van der Waals surface area contributed by atoms with E-state index in [-0.39, 0.29) is 0 Å². The first-order valence-electron chi connectivity index (χ1n) is 3.68. The molecule has 0 radical (unpaired) electrons. The second-order valence-corrected chi connectivity index (χ2v) is 2.39. The summed E-state index contributed by atoms with van der Waals surface area (Å²) in [6.45, 7) is 8.93. The van der Waals surface area contributed by atoms with E-state index in [0.29, 0.717) is 5.75 Å². The summed E-state index contributed by atoms with van der Waals surface area (Å²) in [5, 5.41) is 8.63. The number of allylic oxidation sites excluding steroid dienone is 2. The van der Waals surface area contributed by atoms with E-state index in [1.54, 1.807) is 30.3 Å². The summed E-state index contributed by atoms with van der Waals surface area (Å²) in [5.41, 5.74) is 1.02. The van der Waals surface area contributed by atoms with E-state index in [1.165, 1.54) is 0 Å². The highest BCUT2D eigenvalue weighted by Crippen LogP contribution is 2.02. The van der Waals surface area contributed by atoms with Gasteiger partial charge in [0.2, 0.25) is 0 Å². The Kier molecular flexibility index (Phi) is 5.45. The minimum Gasteiger partial charge on any atom is -0.508 e. The van der Waals surface area contributed by atoms with Crippen molar-refractivity contribution in [3.63, 3.8) is 0 Å². The first kappa shape index (κ1) is 10.5. The monoisotopic (exact) mass is 162 g/mol. The highest BCUT2D eigenvalue weighted by atomic mass is 16.3. The van der Waals surface area contributed by atoms with Crippen LogP contribution in [0.2, 0.25) is 0 Å². The average molecular weight is 162 g/mol. The molecule has 0 bridgehead atoms. The Morgan fingerprint density at radius 2 is 1.75 bits per heavy atom. The Morgan fingerprint density at radius 3 is 1.92 bits per heavy atom. The van der Waals surface area contributed by atoms with Gasteiger partial charge in [0.25, 0.3) is 0 Å². The van der Waals surface area contributed by atoms with E-state index in [9.17, 15) is 0 Å². The molecule has 1 rings (SSSR count). The van der Waals surface area contributed by atoms with Crippen LogP contribution in [-0.2, 0) is 0 Å².